The predicted octanol–water partition coefficient (Wildman–Crippen LogP) is 1.15. The molecule has 2 heterocycles. The molecule has 0 N–H and O–H groups in total. The van der Waals surface area contributed by atoms with Crippen molar-refractivity contribution in [1.82, 2.24) is 4.90 Å². The lowest BCUT2D eigenvalue weighted by atomic mass is 9.97. The lowest BCUT2D eigenvalue weighted by Crippen LogP contribution is -2.35. The van der Waals surface area contributed by atoms with Crippen LogP contribution in [0.4, 0.5) is 0 Å². The van der Waals surface area contributed by atoms with Crippen LogP contribution in [0.3, 0.4) is 0 Å². The molecule has 1 aromatic carbocycles. The minimum absolute atomic E-state index is 0.203. The largest absolute Gasteiger partial charge is 0.393 e. The molecular weight excluding hydrogens is 270 g/mol. The topological polar surface area (TPSA) is 55.8 Å². The molecule has 1 unspecified atom stereocenters. The van der Waals surface area contributed by atoms with E-state index in [1.165, 1.54) is 5.56 Å². The second-order valence-corrected chi connectivity index (χ2v) is 5.60. The Morgan fingerprint density at radius 1 is 1.05 bits per heavy atom. The average molecular weight is 289 g/mol. The molecule has 0 aliphatic carbocycles. The van der Waals surface area contributed by atoms with Crippen LogP contribution < -0.4 is 0 Å². The fraction of sp³-hybridized carbons (Fsp3) is 0.500. The quantitative estimate of drug-likeness (QED) is 0.615. The average Bonchev–Trinajstić information content (AvgIpc) is 2.80. The number of benzene rings is 1. The Bertz CT molecular complexity index is 520. The molecule has 0 bridgehead atoms. The summed E-state index contributed by atoms with van der Waals surface area (Å²) in [6, 6.07) is 8.25. The molecule has 3 rings (SSSR count). The zero-order valence-corrected chi connectivity index (χ0v) is 11.9. The summed E-state index contributed by atoms with van der Waals surface area (Å²) in [5.41, 5.74) is 2.32. The van der Waals surface area contributed by atoms with E-state index >= 15 is 0 Å². The van der Waals surface area contributed by atoms with Gasteiger partial charge in [0.15, 0.2) is 0 Å². The molecule has 0 aromatic heterocycles. The Kier molecular flexibility index (Phi) is 4.31. The zero-order valence-electron chi connectivity index (χ0n) is 11.9. The van der Waals surface area contributed by atoms with Crippen molar-refractivity contribution in [3.05, 3.63) is 35.4 Å². The Morgan fingerprint density at radius 3 is 2.33 bits per heavy atom. The van der Waals surface area contributed by atoms with Gasteiger partial charge in [-0.1, -0.05) is 24.3 Å². The number of hydrogen-bond donors (Lipinski definition) is 0. The number of cyclic esters (lactones) is 2. The standard InChI is InChI=1S/C16H19NO4/c18-15-10-14(16(19)21-15)9-12-1-3-13(4-2-12)11-17-5-7-20-8-6-17/h1-4,14H,5-11H2. The fourth-order valence-corrected chi connectivity index (χ4v) is 2.76. The third kappa shape index (κ3) is 3.68. The third-order valence-electron chi connectivity index (χ3n) is 3.98. The van der Waals surface area contributed by atoms with Gasteiger partial charge in [0.05, 0.1) is 25.6 Å². The van der Waals surface area contributed by atoms with Crippen LogP contribution in [0.25, 0.3) is 0 Å². The normalized spacial score (nSPS) is 23.3. The highest BCUT2D eigenvalue weighted by Gasteiger charge is 2.33. The molecule has 5 nitrogen and oxygen atoms in total. The van der Waals surface area contributed by atoms with Crippen LogP contribution in [0.15, 0.2) is 24.3 Å². The fourth-order valence-electron chi connectivity index (χ4n) is 2.76. The van der Waals surface area contributed by atoms with Crippen molar-refractivity contribution in [1.29, 1.82) is 0 Å². The van der Waals surface area contributed by atoms with Gasteiger partial charge in [-0.3, -0.25) is 14.5 Å². The summed E-state index contributed by atoms with van der Waals surface area (Å²) in [4.78, 5) is 24.9. The zero-order chi connectivity index (χ0) is 14.7. The van der Waals surface area contributed by atoms with Crippen molar-refractivity contribution in [3.63, 3.8) is 0 Å². The van der Waals surface area contributed by atoms with Gasteiger partial charge < -0.3 is 9.47 Å². The van der Waals surface area contributed by atoms with E-state index in [2.05, 4.69) is 21.8 Å². The van der Waals surface area contributed by atoms with Crippen molar-refractivity contribution in [2.75, 3.05) is 26.3 Å². The van der Waals surface area contributed by atoms with Crippen LogP contribution in [0.1, 0.15) is 17.5 Å². The van der Waals surface area contributed by atoms with Crippen LogP contribution in [0, 0.1) is 5.92 Å². The van der Waals surface area contributed by atoms with Gasteiger partial charge in [-0.2, -0.15) is 0 Å². The Balaban J connectivity index is 1.56. The molecule has 2 aliphatic heterocycles. The predicted molar refractivity (Wildman–Crippen MR) is 75.4 cm³/mol. The number of hydrogen-bond acceptors (Lipinski definition) is 5. The molecule has 5 heteroatoms. The van der Waals surface area contributed by atoms with Gasteiger partial charge in [0.25, 0.3) is 0 Å². The van der Waals surface area contributed by atoms with Crippen molar-refractivity contribution in [2.45, 2.75) is 19.4 Å². The Labute approximate surface area is 123 Å². The summed E-state index contributed by atoms with van der Waals surface area (Å²) in [6.45, 7) is 4.47. The number of carbonyl (C=O) groups is 2. The second-order valence-electron chi connectivity index (χ2n) is 5.60. The molecule has 0 amide bonds. The third-order valence-corrected chi connectivity index (χ3v) is 3.98. The number of rotatable bonds is 4. The molecule has 112 valence electrons. The molecule has 2 fully saturated rings. The van der Waals surface area contributed by atoms with E-state index in [-0.39, 0.29) is 12.3 Å². The first kappa shape index (κ1) is 14.2. The molecule has 1 aromatic rings. The van der Waals surface area contributed by atoms with Crippen LogP contribution in [-0.4, -0.2) is 43.1 Å². The summed E-state index contributed by atoms with van der Waals surface area (Å²) in [5.74, 6) is -1.12. The van der Waals surface area contributed by atoms with E-state index in [4.69, 9.17) is 4.74 Å². The smallest absolute Gasteiger partial charge is 0.317 e. The molecule has 21 heavy (non-hydrogen) atoms. The highest BCUT2D eigenvalue weighted by molar-refractivity contribution is 5.94. The highest BCUT2D eigenvalue weighted by Crippen LogP contribution is 2.21. The van der Waals surface area contributed by atoms with Gasteiger partial charge in [0.2, 0.25) is 0 Å². The van der Waals surface area contributed by atoms with Gasteiger partial charge in [0, 0.05) is 19.6 Å². The number of ether oxygens (including phenoxy) is 2. The van der Waals surface area contributed by atoms with Crippen LogP contribution in [-0.2, 0) is 32.0 Å². The number of morpholine rings is 1. The maximum Gasteiger partial charge on any atom is 0.317 e. The molecule has 2 aliphatic rings. The van der Waals surface area contributed by atoms with Crippen molar-refractivity contribution >= 4 is 11.9 Å². The number of carbonyl (C=O) groups excluding carboxylic acids is 2. The van der Waals surface area contributed by atoms with Gasteiger partial charge in [-0.15, -0.1) is 0 Å². The Hall–Kier alpha value is -1.72. The van der Waals surface area contributed by atoms with Gasteiger partial charge >= 0.3 is 11.9 Å². The van der Waals surface area contributed by atoms with Crippen LogP contribution in [0.5, 0.6) is 0 Å². The first-order valence-corrected chi connectivity index (χ1v) is 7.33. The molecule has 0 spiro atoms. The Morgan fingerprint density at radius 2 is 1.71 bits per heavy atom. The van der Waals surface area contributed by atoms with E-state index in [9.17, 15) is 9.59 Å². The second kappa shape index (κ2) is 6.37. The summed E-state index contributed by atoms with van der Waals surface area (Å²) in [6.07, 6.45) is 0.775. The van der Waals surface area contributed by atoms with E-state index in [1.807, 2.05) is 12.1 Å². The van der Waals surface area contributed by atoms with E-state index in [1.54, 1.807) is 0 Å². The van der Waals surface area contributed by atoms with Crippen LogP contribution >= 0.6 is 0 Å². The molecule has 2 saturated heterocycles. The summed E-state index contributed by atoms with van der Waals surface area (Å²) in [5, 5.41) is 0. The maximum atomic E-state index is 11.5. The van der Waals surface area contributed by atoms with Gasteiger partial charge in [0.1, 0.15) is 0 Å². The summed E-state index contributed by atoms with van der Waals surface area (Å²) in [7, 11) is 0. The first-order chi connectivity index (χ1) is 10.2. The van der Waals surface area contributed by atoms with Crippen LogP contribution in [0.2, 0.25) is 0 Å². The van der Waals surface area contributed by atoms with Crippen molar-refractivity contribution < 1.29 is 19.1 Å². The molecule has 0 saturated carbocycles. The number of esters is 2. The van der Waals surface area contributed by atoms with Gasteiger partial charge in [-0.05, 0) is 17.5 Å². The molecule has 0 radical (unpaired) electrons. The van der Waals surface area contributed by atoms with Crippen molar-refractivity contribution in [2.24, 2.45) is 5.92 Å². The minimum atomic E-state index is -0.408. The van der Waals surface area contributed by atoms with E-state index < -0.39 is 11.9 Å². The summed E-state index contributed by atoms with van der Waals surface area (Å²) >= 11 is 0. The summed E-state index contributed by atoms with van der Waals surface area (Å²) < 4.78 is 9.91. The lowest BCUT2D eigenvalue weighted by molar-refractivity contribution is -0.153. The van der Waals surface area contributed by atoms with Crippen molar-refractivity contribution in [3.8, 4) is 0 Å². The monoisotopic (exact) mass is 289 g/mol. The lowest BCUT2D eigenvalue weighted by Gasteiger charge is -2.26. The molecule has 1 atom stereocenters. The highest BCUT2D eigenvalue weighted by atomic mass is 16.6. The van der Waals surface area contributed by atoms with E-state index in [0.717, 1.165) is 38.4 Å². The maximum absolute atomic E-state index is 11.5. The minimum Gasteiger partial charge on any atom is -0.393 e. The van der Waals surface area contributed by atoms with Gasteiger partial charge in [-0.25, -0.2) is 0 Å². The number of nitrogens with zero attached hydrogens (tertiary/aromatic N) is 1. The SMILES string of the molecule is O=C1CC(Cc2ccc(CN3CCOCC3)cc2)C(=O)O1. The molecular formula is C16H19NO4. The van der Waals surface area contributed by atoms with E-state index in [0.29, 0.717) is 6.42 Å². The first-order valence-electron chi connectivity index (χ1n) is 7.33.